The van der Waals surface area contributed by atoms with Gasteiger partial charge in [-0.3, -0.25) is 4.79 Å². The Balaban J connectivity index is 1.97. The Kier molecular flexibility index (Phi) is 4.25. The SMILES string of the molecule is CCNC(C)(C)C(=O)NC1CCc2ccccc2C1. The molecule has 1 amide bonds. The Morgan fingerprint density at radius 1 is 1.32 bits per heavy atom. The quantitative estimate of drug-likeness (QED) is 0.870. The van der Waals surface area contributed by atoms with Gasteiger partial charge in [-0.05, 0) is 50.8 Å². The number of benzene rings is 1. The van der Waals surface area contributed by atoms with Crippen LogP contribution < -0.4 is 10.6 Å². The number of amides is 1. The first-order valence-corrected chi connectivity index (χ1v) is 7.15. The molecule has 0 aromatic heterocycles. The average Bonchev–Trinajstić information content (AvgIpc) is 2.38. The van der Waals surface area contributed by atoms with Crippen LogP contribution in [0.2, 0.25) is 0 Å². The lowest BCUT2D eigenvalue weighted by molar-refractivity contribution is -0.127. The van der Waals surface area contributed by atoms with E-state index in [1.54, 1.807) is 0 Å². The van der Waals surface area contributed by atoms with Crippen LogP contribution in [0.1, 0.15) is 38.3 Å². The number of carbonyl (C=O) groups excluding carboxylic acids is 1. The van der Waals surface area contributed by atoms with Gasteiger partial charge in [0.05, 0.1) is 5.54 Å². The summed E-state index contributed by atoms with van der Waals surface area (Å²) >= 11 is 0. The van der Waals surface area contributed by atoms with E-state index in [-0.39, 0.29) is 11.9 Å². The number of carbonyl (C=O) groups is 1. The van der Waals surface area contributed by atoms with Crippen molar-refractivity contribution in [1.82, 2.24) is 10.6 Å². The molecule has 104 valence electrons. The predicted octanol–water partition coefficient (Wildman–Crippen LogP) is 2.05. The van der Waals surface area contributed by atoms with Crippen molar-refractivity contribution in [1.29, 1.82) is 0 Å². The Morgan fingerprint density at radius 3 is 2.68 bits per heavy atom. The maximum Gasteiger partial charge on any atom is 0.239 e. The van der Waals surface area contributed by atoms with Crippen molar-refractivity contribution in [3.63, 3.8) is 0 Å². The number of hydrogen-bond donors (Lipinski definition) is 2. The number of rotatable bonds is 4. The van der Waals surface area contributed by atoms with Gasteiger partial charge >= 0.3 is 0 Å². The van der Waals surface area contributed by atoms with Crippen LogP contribution >= 0.6 is 0 Å². The highest BCUT2D eigenvalue weighted by molar-refractivity contribution is 5.85. The molecule has 1 aromatic rings. The molecule has 1 aliphatic carbocycles. The molecule has 0 heterocycles. The molecular formula is C16H24N2O. The van der Waals surface area contributed by atoms with Gasteiger partial charge in [-0.25, -0.2) is 0 Å². The van der Waals surface area contributed by atoms with Crippen molar-refractivity contribution < 1.29 is 4.79 Å². The monoisotopic (exact) mass is 260 g/mol. The molecule has 1 aliphatic rings. The van der Waals surface area contributed by atoms with Crippen molar-refractivity contribution in [2.24, 2.45) is 0 Å². The molecule has 0 spiro atoms. The second-order valence-corrected chi connectivity index (χ2v) is 5.84. The summed E-state index contributed by atoms with van der Waals surface area (Å²) in [6.07, 6.45) is 3.04. The molecule has 2 N–H and O–H groups in total. The lowest BCUT2D eigenvalue weighted by atomic mass is 9.88. The lowest BCUT2D eigenvalue weighted by Gasteiger charge is -2.30. The molecule has 1 unspecified atom stereocenters. The summed E-state index contributed by atoms with van der Waals surface area (Å²) in [6, 6.07) is 8.79. The Bertz CT molecular complexity index is 454. The molecule has 19 heavy (non-hydrogen) atoms. The second-order valence-electron chi connectivity index (χ2n) is 5.84. The van der Waals surface area contributed by atoms with Gasteiger partial charge in [0.15, 0.2) is 0 Å². The maximum atomic E-state index is 12.3. The van der Waals surface area contributed by atoms with Gasteiger partial charge in [-0.2, -0.15) is 0 Å². The van der Waals surface area contributed by atoms with Crippen LogP contribution in [-0.4, -0.2) is 24.0 Å². The molecule has 0 fully saturated rings. The number of nitrogens with one attached hydrogen (secondary N) is 2. The predicted molar refractivity (Wildman–Crippen MR) is 78.2 cm³/mol. The fourth-order valence-corrected chi connectivity index (χ4v) is 2.71. The van der Waals surface area contributed by atoms with E-state index in [9.17, 15) is 4.79 Å². The van der Waals surface area contributed by atoms with Gasteiger partial charge in [-0.1, -0.05) is 31.2 Å². The lowest BCUT2D eigenvalue weighted by Crippen LogP contribution is -2.55. The van der Waals surface area contributed by atoms with Crippen LogP contribution in [0.5, 0.6) is 0 Å². The standard InChI is InChI=1S/C16H24N2O/c1-4-17-16(2,3)15(19)18-14-10-9-12-7-5-6-8-13(12)11-14/h5-8,14,17H,4,9-11H2,1-3H3,(H,18,19). The van der Waals surface area contributed by atoms with Crippen molar-refractivity contribution in [2.75, 3.05) is 6.54 Å². The first kappa shape index (κ1) is 14.1. The van der Waals surface area contributed by atoms with Crippen molar-refractivity contribution in [3.05, 3.63) is 35.4 Å². The normalized spacial score (nSPS) is 18.8. The zero-order chi connectivity index (χ0) is 13.9. The highest BCUT2D eigenvalue weighted by atomic mass is 16.2. The van der Waals surface area contributed by atoms with Crippen LogP contribution in [0.4, 0.5) is 0 Å². The second kappa shape index (κ2) is 5.74. The van der Waals surface area contributed by atoms with E-state index >= 15 is 0 Å². The van der Waals surface area contributed by atoms with Gasteiger partial charge in [-0.15, -0.1) is 0 Å². The maximum absolute atomic E-state index is 12.3. The molecule has 0 aliphatic heterocycles. The minimum Gasteiger partial charge on any atom is -0.351 e. The van der Waals surface area contributed by atoms with Crippen LogP contribution in [0.15, 0.2) is 24.3 Å². The molecular weight excluding hydrogens is 236 g/mol. The highest BCUT2D eigenvalue weighted by Crippen LogP contribution is 2.21. The smallest absolute Gasteiger partial charge is 0.239 e. The van der Waals surface area contributed by atoms with Gasteiger partial charge in [0, 0.05) is 6.04 Å². The first-order valence-electron chi connectivity index (χ1n) is 7.15. The molecule has 2 rings (SSSR count). The van der Waals surface area contributed by atoms with Gasteiger partial charge in [0.25, 0.3) is 0 Å². The molecule has 0 saturated carbocycles. The molecule has 3 heteroatoms. The summed E-state index contributed by atoms with van der Waals surface area (Å²) in [4.78, 5) is 12.3. The molecule has 1 aromatic carbocycles. The van der Waals surface area contributed by atoms with Crippen LogP contribution in [0.3, 0.4) is 0 Å². The molecule has 0 radical (unpaired) electrons. The molecule has 0 saturated heterocycles. The van der Waals surface area contributed by atoms with Crippen LogP contribution in [0.25, 0.3) is 0 Å². The van der Waals surface area contributed by atoms with Gasteiger partial charge < -0.3 is 10.6 Å². The summed E-state index contributed by atoms with van der Waals surface area (Å²) in [5.74, 6) is 0.0960. The topological polar surface area (TPSA) is 41.1 Å². The summed E-state index contributed by atoms with van der Waals surface area (Å²) in [6.45, 7) is 6.69. The summed E-state index contributed by atoms with van der Waals surface area (Å²) in [5.41, 5.74) is 2.31. The van der Waals surface area contributed by atoms with Gasteiger partial charge in [0.2, 0.25) is 5.91 Å². The van der Waals surface area contributed by atoms with E-state index in [0.29, 0.717) is 0 Å². The third-order valence-corrected chi connectivity index (χ3v) is 3.87. The first-order chi connectivity index (χ1) is 9.03. The number of hydrogen-bond acceptors (Lipinski definition) is 2. The van der Waals surface area contributed by atoms with Crippen molar-refractivity contribution in [2.45, 2.75) is 51.6 Å². The Morgan fingerprint density at radius 2 is 2.00 bits per heavy atom. The van der Waals surface area contributed by atoms with E-state index in [2.05, 4.69) is 34.9 Å². The number of likely N-dealkylation sites (N-methyl/N-ethyl adjacent to an activating group) is 1. The van der Waals surface area contributed by atoms with Crippen molar-refractivity contribution >= 4 is 5.91 Å². The molecule has 1 atom stereocenters. The molecule has 0 bridgehead atoms. The van der Waals surface area contributed by atoms with Crippen LogP contribution in [0, 0.1) is 0 Å². The van der Waals surface area contributed by atoms with E-state index in [1.807, 2.05) is 20.8 Å². The third-order valence-electron chi connectivity index (χ3n) is 3.87. The number of aryl methyl sites for hydroxylation is 1. The number of fused-ring (bicyclic) bond motifs is 1. The fraction of sp³-hybridized carbons (Fsp3) is 0.562. The van der Waals surface area contributed by atoms with E-state index < -0.39 is 5.54 Å². The minimum absolute atomic E-state index is 0.0960. The fourth-order valence-electron chi connectivity index (χ4n) is 2.71. The van der Waals surface area contributed by atoms with Gasteiger partial charge in [0.1, 0.15) is 0 Å². The van der Waals surface area contributed by atoms with E-state index in [0.717, 1.165) is 25.8 Å². The van der Waals surface area contributed by atoms with Crippen LogP contribution in [-0.2, 0) is 17.6 Å². The van der Waals surface area contributed by atoms with E-state index in [1.165, 1.54) is 11.1 Å². The molecule has 3 nitrogen and oxygen atoms in total. The minimum atomic E-state index is -0.494. The summed E-state index contributed by atoms with van der Waals surface area (Å²) in [5, 5.41) is 6.40. The Labute approximate surface area is 115 Å². The summed E-state index contributed by atoms with van der Waals surface area (Å²) in [7, 11) is 0. The zero-order valence-corrected chi connectivity index (χ0v) is 12.1. The highest BCUT2D eigenvalue weighted by Gasteiger charge is 2.29. The summed E-state index contributed by atoms with van der Waals surface area (Å²) < 4.78 is 0. The zero-order valence-electron chi connectivity index (χ0n) is 12.1. The third kappa shape index (κ3) is 3.35. The van der Waals surface area contributed by atoms with E-state index in [4.69, 9.17) is 0 Å². The average molecular weight is 260 g/mol. The largest absolute Gasteiger partial charge is 0.351 e. The van der Waals surface area contributed by atoms with Crippen molar-refractivity contribution in [3.8, 4) is 0 Å². The Hall–Kier alpha value is -1.35.